The predicted octanol–water partition coefficient (Wildman–Crippen LogP) is 3.76. The number of hydrogen-bond donors (Lipinski definition) is 1. The van der Waals surface area contributed by atoms with Gasteiger partial charge in [0, 0.05) is 35.9 Å². The number of benzene rings is 1. The Morgan fingerprint density at radius 3 is 2.57 bits per heavy atom. The summed E-state index contributed by atoms with van der Waals surface area (Å²) in [6, 6.07) is 7.98. The monoisotopic (exact) mass is 379 g/mol. The molecule has 0 fully saturated rings. The van der Waals surface area contributed by atoms with Crippen LogP contribution >= 0.6 is 15.9 Å². The molecule has 6 heteroatoms. The SMILES string of the molecule is CCN(CC)c1ccc(CNC(=O)c2cc(F)cc(Br)c2)cn1. The number of anilines is 1. The lowest BCUT2D eigenvalue weighted by Crippen LogP contribution is -2.24. The number of pyridine rings is 1. The summed E-state index contributed by atoms with van der Waals surface area (Å²) in [4.78, 5) is 18.6. The Kier molecular flexibility index (Phi) is 6.10. The summed E-state index contributed by atoms with van der Waals surface area (Å²) < 4.78 is 13.8. The Morgan fingerprint density at radius 1 is 1.26 bits per heavy atom. The van der Waals surface area contributed by atoms with Crippen LogP contribution in [-0.4, -0.2) is 24.0 Å². The third-order valence-electron chi connectivity index (χ3n) is 3.47. The zero-order valence-electron chi connectivity index (χ0n) is 13.1. The van der Waals surface area contributed by atoms with Crippen molar-refractivity contribution >= 4 is 27.7 Å². The van der Waals surface area contributed by atoms with E-state index in [1.807, 2.05) is 12.1 Å². The Balaban J connectivity index is 1.99. The predicted molar refractivity (Wildman–Crippen MR) is 93.1 cm³/mol. The lowest BCUT2D eigenvalue weighted by Gasteiger charge is -2.19. The number of carbonyl (C=O) groups is 1. The third-order valence-corrected chi connectivity index (χ3v) is 3.93. The molecule has 0 saturated heterocycles. The lowest BCUT2D eigenvalue weighted by atomic mass is 10.2. The molecular formula is C17H19BrFN3O. The minimum absolute atomic E-state index is 0.282. The topological polar surface area (TPSA) is 45.2 Å². The van der Waals surface area contributed by atoms with Crippen LogP contribution in [0.2, 0.25) is 0 Å². The van der Waals surface area contributed by atoms with Gasteiger partial charge in [-0.15, -0.1) is 0 Å². The van der Waals surface area contributed by atoms with Gasteiger partial charge in [-0.25, -0.2) is 9.37 Å². The van der Waals surface area contributed by atoms with Crippen molar-refractivity contribution in [2.75, 3.05) is 18.0 Å². The van der Waals surface area contributed by atoms with Gasteiger partial charge in [0.1, 0.15) is 11.6 Å². The van der Waals surface area contributed by atoms with E-state index in [1.165, 1.54) is 12.1 Å². The summed E-state index contributed by atoms with van der Waals surface area (Å²) in [5, 5.41) is 2.77. The second kappa shape index (κ2) is 8.06. The molecule has 1 aromatic carbocycles. The Labute approximate surface area is 143 Å². The van der Waals surface area contributed by atoms with Gasteiger partial charge >= 0.3 is 0 Å². The second-order valence-corrected chi connectivity index (χ2v) is 5.95. The number of carbonyl (C=O) groups excluding carboxylic acids is 1. The molecule has 23 heavy (non-hydrogen) atoms. The van der Waals surface area contributed by atoms with E-state index in [9.17, 15) is 9.18 Å². The number of nitrogens with zero attached hydrogens (tertiary/aromatic N) is 2. The molecule has 0 aliphatic rings. The van der Waals surface area contributed by atoms with Crippen LogP contribution in [0.4, 0.5) is 10.2 Å². The van der Waals surface area contributed by atoms with Gasteiger partial charge in [-0.05, 0) is 43.7 Å². The molecule has 0 aliphatic heterocycles. The molecule has 122 valence electrons. The van der Waals surface area contributed by atoms with Crippen molar-refractivity contribution < 1.29 is 9.18 Å². The Morgan fingerprint density at radius 2 is 2.00 bits per heavy atom. The molecule has 0 aliphatic carbocycles. The zero-order chi connectivity index (χ0) is 16.8. The molecule has 0 bridgehead atoms. The van der Waals surface area contributed by atoms with Gasteiger partial charge in [0.05, 0.1) is 0 Å². The van der Waals surface area contributed by atoms with Crippen molar-refractivity contribution in [1.29, 1.82) is 0 Å². The van der Waals surface area contributed by atoms with Crippen LogP contribution in [0.1, 0.15) is 29.8 Å². The van der Waals surface area contributed by atoms with Gasteiger partial charge in [-0.2, -0.15) is 0 Å². The zero-order valence-corrected chi connectivity index (χ0v) is 14.7. The molecule has 2 rings (SSSR count). The van der Waals surface area contributed by atoms with E-state index in [4.69, 9.17) is 0 Å². The van der Waals surface area contributed by atoms with Crippen molar-refractivity contribution in [1.82, 2.24) is 10.3 Å². The highest BCUT2D eigenvalue weighted by atomic mass is 79.9. The van der Waals surface area contributed by atoms with E-state index in [-0.39, 0.29) is 11.5 Å². The molecule has 0 spiro atoms. The van der Waals surface area contributed by atoms with E-state index in [0.29, 0.717) is 11.0 Å². The average molecular weight is 380 g/mol. The normalized spacial score (nSPS) is 10.4. The maximum Gasteiger partial charge on any atom is 0.251 e. The third kappa shape index (κ3) is 4.76. The van der Waals surface area contributed by atoms with Gasteiger partial charge in [0.2, 0.25) is 0 Å². The molecule has 0 saturated carbocycles. The van der Waals surface area contributed by atoms with Gasteiger partial charge in [-0.3, -0.25) is 4.79 Å². The van der Waals surface area contributed by atoms with Crippen LogP contribution in [0.5, 0.6) is 0 Å². The standard InChI is InChI=1S/C17H19BrFN3O/c1-3-22(4-2)16-6-5-12(10-20-16)11-21-17(23)13-7-14(18)9-15(19)8-13/h5-10H,3-4,11H2,1-2H3,(H,21,23). The molecule has 1 aromatic heterocycles. The quantitative estimate of drug-likeness (QED) is 0.830. The number of amides is 1. The summed E-state index contributed by atoms with van der Waals surface area (Å²) >= 11 is 3.18. The summed E-state index contributed by atoms with van der Waals surface area (Å²) in [6.45, 7) is 6.30. The summed E-state index contributed by atoms with van der Waals surface area (Å²) in [5.74, 6) is 0.145. The van der Waals surface area contributed by atoms with E-state index in [1.54, 1.807) is 12.3 Å². The minimum atomic E-state index is -0.449. The van der Waals surface area contributed by atoms with Crippen molar-refractivity contribution in [2.24, 2.45) is 0 Å². The van der Waals surface area contributed by atoms with Crippen LogP contribution in [0.15, 0.2) is 41.0 Å². The van der Waals surface area contributed by atoms with Crippen molar-refractivity contribution in [2.45, 2.75) is 20.4 Å². The highest BCUT2D eigenvalue weighted by molar-refractivity contribution is 9.10. The first-order chi connectivity index (χ1) is 11.0. The van der Waals surface area contributed by atoms with Gasteiger partial charge in [0.15, 0.2) is 0 Å². The summed E-state index contributed by atoms with van der Waals surface area (Å²) in [5.41, 5.74) is 1.18. The van der Waals surface area contributed by atoms with Crippen molar-refractivity contribution in [3.63, 3.8) is 0 Å². The molecule has 1 N–H and O–H groups in total. The highest BCUT2D eigenvalue weighted by Gasteiger charge is 2.09. The van der Waals surface area contributed by atoms with Gasteiger partial charge < -0.3 is 10.2 Å². The number of nitrogens with one attached hydrogen (secondary N) is 1. The van der Waals surface area contributed by atoms with E-state index in [0.717, 1.165) is 24.5 Å². The van der Waals surface area contributed by atoms with E-state index >= 15 is 0 Å². The summed E-state index contributed by atoms with van der Waals surface area (Å²) in [7, 11) is 0. The van der Waals surface area contributed by atoms with Crippen LogP contribution in [-0.2, 0) is 6.54 Å². The highest BCUT2D eigenvalue weighted by Crippen LogP contribution is 2.15. The van der Waals surface area contributed by atoms with Gasteiger partial charge in [0.25, 0.3) is 5.91 Å². The van der Waals surface area contributed by atoms with E-state index < -0.39 is 5.82 Å². The number of halogens is 2. The van der Waals surface area contributed by atoms with Gasteiger partial charge in [-0.1, -0.05) is 22.0 Å². The average Bonchev–Trinajstić information content (AvgIpc) is 2.54. The van der Waals surface area contributed by atoms with Crippen molar-refractivity contribution in [3.8, 4) is 0 Å². The number of hydrogen-bond acceptors (Lipinski definition) is 3. The maximum atomic E-state index is 13.3. The number of aromatic nitrogens is 1. The molecule has 1 amide bonds. The molecule has 4 nitrogen and oxygen atoms in total. The Bertz CT molecular complexity index is 652. The molecule has 0 radical (unpaired) electrons. The maximum absolute atomic E-state index is 13.3. The largest absolute Gasteiger partial charge is 0.357 e. The fraction of sp³-hybridized carbons (Fsp3) is 0.294. The van der Waals surface area contributed by atoms with Crippen LogP contribution in [0, 0.1) is 5.82 Å². The lowest BCUT2D eigenvalue weighted by molar-refractivity contribution is 0.0950. The molecule has 0 unspecified atom stereocenters. The van der Waals surface area contributed by atoms with Crippen LogP contribution < -0.4 is 10.2 Å². The molecule has 1 heterocycles. The first kappa shape index (κ1) is 17.4. The molecule has 0 atom stereocenters. The van der Waals surface area contributed by atoms with E-state index in [2.05, 4.69) is 45.0 Å². The molecular weight excluding hydrogens is 361 g/mol. The first-order valence-corrected chi connectivity index (χ1v) is 8.27. The fourth-order valence-electron chi connectivity index (χ4n) is 2.23. The second-order valence-electron chi connectivity index (χ2n) is 5.04. The first-order valence-electron chi connectivity index (χ1n) is 7.47. The smallest absolute Gasteiger partial charge is 0.251 e. The summed E-state index contributed by atoms with van der Waals surface area (Å²) in [6.07, 6.45) is 1.75. The van der Waals surface area contributed by atoms with Crippen molar-refractivity contribution in [3.05, 3.63) is 57.9 Å². The minimum Gasteiger partial charge on any atom is -0.357 e. The number of rotatable bonds is 6. The molecule has 2 aromatic rings. The Hall–Kier alpha value is -1.95. The van der Waals surface area contributed by atoms with Crippen LogP contribution in [0.3, 0.4) is 0 Å². The van der Waals surface area contributed by atoms with Crippen LogP contribution in [0.25, 0.3) is 0 Å². The fourth-order valence-corrected chi connectivity index (χ4v) is 2.69.